The molecule has 1 aromatic rings. The number of carbonyl (C=O) groups excluding carboxylic acids is 1. The van der Waals surface area contributed by atoms with Crippen LogP contribution in [0.1, 0.15) is 66.4 Å². The number of ether oxygens (including phenoxy) is 1. The highest BCUT2D eigenvalue weighted by Crippen LogP contribution is 2.40. The average Bonchev–Trinajstić information content (AvgIpc) is 2.84. The van der Waals surface area contributed by atoms with Crippen LogP contribution in [0.4, 0.5) is 0 Å². The van der Waals surface area contributed by atoms with Gasteiger partial charge in [0.05, 0.1) is 6.54 Å². The predicted molar refractivity (Wildman–Crippen MR) is 103 cm³/mol. The molecule has 0 aromatic heterocycles. The molecule has 4 nitrogen and oxygen atoms in total. The third kappa shape index (κ3) is 5.09. The fraction of sp³-hybridized carbons (Fsp3) is 0.591. The summed E-state index contributed by atoms with van der Waals surface area (Å²) in [6, 6.07) is 6.15. The largest absolute Gasteiger partial charge is 0.450 e. The summed E-state index contributed by atoms with van der Waals surface area (Å²) in [7, 11) is 0. The van der Waals surface area contributed by atoms with Crippen molar-refractivity contribution in [3.05, 3.63) is 35.9 Å². The van der Waals surface area contributed by atoms with Crippen molar-refractivity contribution in [2.75, 3.05) is 26.2 Å². The standard InChI is InChI=1S/C22H31NO3/c1-3-23(4-2)17-11-12-18-26-21(24)22(25,19-13-7-5-8-14-19)20-15-9-6-10-16-20/h5,7-8,13-14,20,25H,3-4,6,9-10,15-18H2,1-2H3/i6D2,9D2,10D2,15D2,16D2,20D. The first-order chi connectivity index (χ1) is 16.8. The molecule has 1 fully saturated rings. The number of esters is 1. The molecule has 4 heteroatoms. The van der Waals surface area contributed by atoms with Gasteiger partial charge in [0.2, 0.25) is 0 Å². The van der Waals surface area contributed by atoms with Crippen LogP contribution in [-0.4, -0.2) is 42.2 Å². The van der Waals surface area contributed by atoms with Crippen molar-refractivity contribution in [3.63, 3.8) is 0 Å². The van der Waals surface area contributed by atoms with Gasteiger partial charge in [-0.25, -0.2) is 4.79 Å². The second-order valence-corrected chi connectivity index (χ2v) is 5.47. The number of aliphatic hydroxyl groups is 1. The molecule has 0 radical (unpaired) electrons. The fourth-order valence-electron chi connectivity index (χ4n) is 2.35. The molecule has 1 aliphatic carbocycles. The van der Waals surface area contributed by atoms with Crippen molar-refractivity contribution in [1.82, 2.24) is 4.90 Å². The van der Waals surface area contributed by atoms with Crippen LogP contribution in [0.3, 0.4) is 0 Å². The molecular weight excluding hydrogens is 326 g/mol. The van der Waals surface area contributed by atoms with Crippen molar-refractivity contribution in [2.24, 2.45) is 5.89 Å². The van der Waals surface area contributed by atoms with Gasteiger partial charge in [0, 0.05) is 21.0 Å². The SMILES string of the molecule is [2H]C1([2H])C([2H])([2H])C([2H])([2H])C([2H])(C(O)(C(=O)OCC#CCN(CC)CC)c2ccccc2)C([2H])([2H])C1([2H])[2H]. The van der Waals surface area contributed by atoms with E-state index in [0.717, 1.165) is 12.1 Å². The van der Waals surface area contributed by atoms with E-state index in [9.17, 15) is 9.90 Å². The number of nitrogens with zero attached hydrogens (tertiary/aromatic N) is 1. The Morgan fingerprint density at radius 2 is 1.92 bits per heavy atom. The summed E-state index contributed by atoms with van der Waals surface area (Å²) >= 11 is 0. The number of rotatable bonds is 7. The van der Waals surface area contributed by atoms with Crippen molar-refractivity contribution in [3.8, 4) is 11.8 Å². The average molecular weight is 369 g/mol. The lowest BCUT2D eigenvalue weighted by Gasteiger charge is -2.36. The molecule has 142 valence electrons. The number of benzene rings is 1. The summed E-state index contributed by atoms with van der Waals surface area (Å²) in [5.41, 5.74) is -4.19. The second kappa shape index (κ2) is 10.4. The Hall–Kier alpha value is -1.83. The van der Waals surface area contributed by atoms with Crippen molar-refractivity contribution < 1.29 is 29.7 Å². The molecule has 0 heterocycles. The summed E-state index contributed by atoms with van der Waals surface area (Å²) < 4.78 is 96.5. The van der Waals surface area contributed by atoms with E-state index in [4.69, 9.17) is 19.8 Å². The molecule has 0 saturated heterocycles. The minimum absolute atomic E-state index is 0.330. The molecule has 1 N–H and O–H groups in total. The first kappa shape index (κ1) is 9.92. The highest BCUT2D eigenvalue weighted by Gasteiger charge is 2.46. The van der Waals surface area contributed by atoms with E-state index in [2.05, 4.69) is 11.8 Å². The number of hydrogen-bond donors (Lipinski definition) is 1. The smallest absolute Gasteiger partial charge is 0.344 e. The van der Waals surface area contributed by atoms with Crippen LogP contribution in [0, 0.1) is 17.7 Å². The van der Waals surface area contributed by atoms with Gasteiger partial charge in [-0.3, -0.25) is 4.90 Å². The first-order valence-electron chi connectivity index (χ1n) is 13.9. The van der Waals surface area contributed by atoms with E-state index in [0.29, 0.717) is 19.6 Å². The lowest BCUT2D eigenvalue weighted by Crippen LogP contribution is -2.45. The van der Waals surface area contributed by atoms with E-state index in [1.165, 1.54) is 18.2 Å². The van der Waals surface area contributed by atoms with Crippen molar-refractivity contribution in [2.45, 2.75) is 51.3 Å². The molecule has 0 bridgehead atoms. The van der Waals surface area contributed by atoms with Crippen LogP contribution >= 0.6 is 0 Å². The van der Waals surface area contributed by atoms with Gasteiger partial charge in [-0.2, -0.15) is 0 Å². The lowest BCUT2D eigenvalue weighted by molar-refractivity contribution is -0.174. The lowest BCUT2D eigenvalue weighted by atomic mass is 9.73. The normalized spacial score (nSPS) is 34.4. The third-order valence-electron chi connectivity index (χ3n) is 3.95. The van der Waals surface area contributed by atoms with Gasteiger partial charge >= 0.3 is 5.97 Å². The molecule has 26 heavy (non-hydrogen) atoms. The Morgan fingerprint density at radius 3 is 2.54 bits per heavy atom. The van der Waals surface area contributed by atoms with Gasteiger partial charge in [-0.05, 0) is 31.4 Å². The molecule has 0 spiro atoms. The first-order valence-corrected chi connectivity index (χ1v) is 8.40. The summed E-state index contributed by atoms with van der Waals surface area (Å²) in [4.78, 5) is 15.4. The molecule has 1 aromatic carbocycles. The Kier molecular flexibility index (Phi) is 3.95. The van der Waals surface area contributed by atoms with Crippen LogP contribution in [0.25, 0.3) is 0 Å². The van der Waals surface area contributed by atoms with Gasteiger partial charge in [0.25, 0.3) is 0 Å². The molecule has 1 atom stereocenters. The maximum atomic E-state index is 13.4. The maximum Gasteiger partial charge on any atom is 0.344 e. The third-order valence-corrected chi connectivity index (χ3v) is 3.95. The van der Waals surface area contributed by atoms with Gasteiger partial charge < -0.3 is 9.84 Å². The Labute approximate surface area is 173 Å². The summed E-state index contributed by atoms with van der Waals surface area (Å²) in [5.74, 6) is -0.461. The van der Waals surface area contributed by atoms with Crippen LogP contribution < -0.4 is 0 Å². The monoisotopic (exact) mass is 368 g/mol. The summed E-state index contributed by atoms with van der Waals surface area (Å²) in [5, 5.41) is 11.8. The highest BCUT2D eigenvalue weighted by molar-refractivity contribution is 5.81. The number of carbonyl (C=O) groups is 1. The van der Waals surface area contributed by atoms with Crippen molar-refractivity contribution >= 4 is 5.97 Å². The topological polar surface area (TPSA) is 49.8 Å². The quantitative estimate of drug-likeness (QED) is 0.592. The predicted octanol–water partition coefficient (Wildman–Crippen LogP) is 3.34. The molecule has 1 unspecified atom stereocenters. The molecule has 2 rings (SSSR count). The van der Waals surface area contributed by atoms with E-state index in [-0.39, 0.29) is 0 Å². The Balaban J connectivity index is 2.74. The second-order valence-electron chi connectivity index (χ2n) is 5.47. The van der Waals surface area contributed by atoms with Crippen LogP contribution in [0.15, 0.2) is 30.3 Å². The van der Waals surface area contributed by atoms with Crippen LogP contribution in [0.2, 0.25) is 0 Å². The van der Waals surface area contributed by atoms with Gasteiger partial charge in [0.1, 0.15) is 0 Å². The highest BCUT2D eigenvalue weighted by atomic mass is 16.5. The Bertz CT molecular complexity index is 1020. The van der Waals surface area contributed by atoms with Crippen LogP contribution in [-0.2, 0) is 15.1 Å². The van der Waals surface area contributed by atoms with E-state index >= 15 is 0 Å². The molecule has 1 aliphatic rings. The van der Waals surface area contributed by atoms with Gasteiger partial charge in [0.15, 0.2) is 12.2 Å². The maximum absolute atomic E-state index is 13.4. The number of hydrogen-bond acceptors (Lipinski definition) is 4. The minimum Gasteiger partial charge on any atom is -0.450 e. The van der Waals surface area contributed by atoms with E-state index < -0.39 is 61.5 Å². The Morgan fingerprint density at radius 1 is 1.27 bits per heavy atom. The summed E-state index contributed by atoms with van der Waals surface area (Å²) in [6.45, 7) is 4.95. The van der Waals surface area contributed by atoms with E-state index in [1.807, 2.05) is 18.7 Å². The molecular formula is C22H31NO3. The summed E-state index contributed by atoms with van der Waals surface area (Å²) in [6.07, 6.45) is -19.5. The van der Waals surface area contributed by atoms with Crippen molar-refractivity contribution in [1.29, 1.82) is 0 Å². The fourth-order valence-corrected chi connectivity index (χ4v) is 2.35. The van der Waals surface area contributed by atoms with Gasteiger partial charge in [-0.1, -0.05) is 75.1 Å². The van der Waals surface area contributed by atoms with E-state index in [1.54, 1.807) is 0 Å². The van der Waals surface area contributed by atoms with Crippen LogP contribution in [0.5, 0.6) is 0 Å². The zero-order valence-electron chi connectivity index (χ0n) is 25.9. The zero-order chi connectivity index (χ0) is 28.7. The molecule has 0 amide bonds. The molecule has 0 aliphatic heterocycles. The zero-order valence-corrected chi connectivity index (χ0v) is 14.9. The molecule has 1 saturated carbocycles. The minimum atomic E-state index is -3.99. The van der Waals surface area contributed by atoms with Gasteiger partial charge in [-0.15, -0.1) is 0 Å².